The SMILES string of the molecule is CCNC(=O)C(Cc1ccccc1)N(Cc1ccccc1C)C(=O)CN(c1ccc(C)c(Cl)c1)S(=O)(=O)c1ccc(C)cc1. The fourth-order valence-corrected chi connectivity index (χ4v) is 6.50. The number of sulfonamides is 1. The lowest BCUT2D eigenvalue weighted by atomic mass is 10.0. The first-order chi connectivity index (χ1) is 21.0. The van der Waals surface area contributed by atoms with Gasteiger partial charge in [-0.1, -0.05) is 90.0 Å². The number of rotatable bonds is 12. The molecule has 0 spiro atoms. The van der Waals surface area contributed by atoms with E-state index in [1.165, 1.54) is 17.0 Å². The van der Waals surface area contributed by atoms with Gasteiger partial charge in [0.15, 0.2) is 0 Å². The van der Waals surface area contributed by atoms with Gasteiger partial charge in [0.25, 0.3) is 10.0 Å². The van der Waals surface area contributed by atoms with Crippen LogP contribution in [0.2, 0.25) is 5.02 Å². The van der Waals surface area contributed by atoms with Gasteiger partial charge in [-0.05, 0) is 74.2 Å². The molecule has 4 rings (SSSR count). The van der Waals surface area contributed by atoms with Crippen LogP contribution in [0.1, 0.15) is 34.7 Å². The Kier molecular flexibility index (Phi) is 10.8. The molecule has 44 heavy (non-hydrogen) atoms. The molecule has 0 heterocycles. The molecular weight excluding hydrogens is 594 g/mol. The highest BCUT2D eigenvalue weighted by Gasteiger charge is 2.34. The van der Waals surface area contributed by atoms with Crippen molar-refractivity contribution >= 4 is 39.1 Å². The van der Waals surface area contributed by atoms with E-state index in [9.17, 15) is 18.0 Å². The second kappa shape index (κ2) is 14.6. The topological polar surface area (TPSA) is 86.8 Å². The summed E-state index contributed by atoms with van der Waals surface area (Å²) < 4.78 is 29.4. The number of anilines is 1. The predicted octanol–water partition coefficient (Wildman–Crippen LogP) is 6.24. The summed E-state index contributed by atoms with van der Waals surface area (Å²) in [5.74, 6) is -0.836. The van der Waals surface area contributed by atoms with E-state index in [4.69, 9.17) is 11.6 Å². The van der Waals surface area contributed by atoms with Gasteiger partial charge in [0.2, 0.25) is 11.8 Å². The lowest BCUT2D eigenvalue weighted by Gasteiger charge is -2.34. The van der Waals surface area contributed by atoms with E-state index in [1.807, 2.05) is 82.3 Å². The lowest BCUT2D eigenvalue weighted by Crippen LogP contribution is -2.53. The van der Waals surface area contributed by atoms with Crippen LogP contribution in [0.3, 0.4) is 0 Å². The molecule has 0 aliphatic rings. The largest absolute Gasteiger partial charge is 0.355 e. The molecule has 0 fully saturated rings. The number of benzene rings is 4. The van der Waals surface area contributed by atoms with Crippen molar-refractivity contribution in [2.75, 3.05) is 17.4 Å². The quantitative estimate of drug-likeness (QED) is 0.201. The highest BCUT2D eigenvalue weighted by Crippen LogP contribution is 2.29. The minimum absolute atomic E-state index is 0.0441. The number of carbonyl (C=O) groups excluding carboxylic acids is 2. The number of carbonyl (C=O) groups is 2. The average Bonchev–Trinajstić information content (AvgIpc) is 3.00. The van der Waals surface area contributed by atoms with Gasteiger partial charge in [0.1, 0.15) is 12.6 Å². The summed E-state index contributed by atoms with van der Waals surface area (Å²) in [6.07, 6.45) is 0.255. The molecule has 1 N–H and O–H groups in total. The van der Waals surface area contributed by atoms with Crippen molar-refractivity contribution in [1.82, 2.24) is 10.2 Å². The van der Waals surface area contributed by atoms with Gasteiger partial charge in [0, 0.05) is 24.5 Å². The van der Waals surface area contributed by atoms with Gasteiger partial charge < -0.3 is 10.2 Å². The molecule has 0 aliphatic carbocycles. The minimum atomic E-state index is -4.20. The van der Waals surface area contributed by atoms with Crippen LogP contribution >= 0.6 is 11.6 Å². The monoisotopic (exact) mass is 631 g/mol. The number of nitrogens with one attached hydrogen (secondary N) is 1. The van der Waals surface area contributed by atoms with Crippen LogP contribution in [0.5, 0.6) is 0 Å². The van der Waals surface area contributed by atoms with Crippen LogP contribution in [-0.4, -0.2) is 44.3 Å². The zero-order chi connectivity index (χ0) is 31.9. The summed E-state index contributed by atoms with van der Waals surface area (Å²) in [6, 6.07) is 27.6. The van der Waals surface area contributed by atoms with Crippen molar-refractivity contribution in [2.45, 2.75) is 51.6 Å². The van der Waals surface area contributed by atoms with Gasteiger partial charge in [-0.15, -0.1) is 0 Å². The van der Waals surface area contributed by atoms with Crippen LogP contribution in [0.25, 0.3) is 0 Å². The lowest BCUT2D eigenvalue weighted by molar-refractivity contribution is -0.140. The molecule has 4 aromatic rings. The third kappa shape index (κ3) is 7.87. The van der Waals surface area contributed by atoms with Crippen LogP contribution in [0.15, 0.2) is 102 Å². The summed E-state index contributed by atoms with van der Waals surface area (Å²) in [7, 11) is -4.20. The van der Waals surface area contributed by atoms with E-state index in [0.29, 0.717) is 11.6 Å². The third-order valence-electron chi connectivity index (χ3n) is 7.56. The fourth-order valence-electron chi connectivity index (χ4n) is 4.92. The van der Waals surface area contributed by atoms with Crippen molar-refractivity contribution in [1.29, 1.82) is 0 Å². The number of aryl methyl sites for hydroxylation is 3. The van der Waals surface area contributed by atoms with E-state index in [-0.39, 0.29) is 29.5 Å². The van der Waals surface area contributed by atoms with Crippen molar-refractivity contribution in [2.24, 2.45) is 0 Å². The summed E-state index contributed by atoms with van der Waals surface area (Å²) in [4.78, 5) is 29.6. The molecule has 0 aliphatic heterocycles. The van der Waals surface area contributed by atoms with Crippen LogP contribution in [0, 0.1) is 20.8 Å². The molecule has 0 saturated heterocycles. The molecule has 2 amide bonds. The van der Waals surface area contributed by atoms with E-state index in [0.717, 1.165) is 32.1 Å². The molecule has 0 bridgehead atoms. The number of likely N-dealkylation sites (N-methyl/N-ethyl adjacent to an activating group) is 1. The standard InChI is InChI=1S/C35H38ClN3O4S/c1-5-37-35(41)33(21-28-12-7-6-8-13-28)38(23-29-14-10-9-11-26(29)3)34(40)24-39(30-18-17-27(4)32(36)22-30)44(42,43)31-19-15-25(2)16-20-31/h6-20,22,33H,5,21,23-24H2,1-4H3,(H,37,41). The Balaban J connectivity index is 1.82. The van der Waals surface area contributed by atoms with Gasteiger partial charge in [-0.2, -0.15) is 0 Å². The second-order valence-electron chi connectivity index (χ2n) is 10.8. The maximum Gasteiger partial charge on any atom is 0.264 e. The molecular formula is C35H38ClN3O4S. The molecule has 4 aromatic carbocycles. The van der Waals surface area contributed by atoms with Crippen molar-refractivity contribution in [3.05, 3.63) is 130 Å². The number of halogens is 1. The molecule has 1 unspecified atom stereocenters. The zero-order valence-corrected chi connectivity index (χ0v) is 27.0. The van der Waals surface area contributed by atoms with E-state index in [2.05, 4.69) is 5.32 Å². The van der Waals surface area contributed by atoms with Crippen LogP contribution in [-0.2, 0) is 32.6 Å². The van der Waals surface area contributed by atoms with E-state index >= 15 is 0 Å². The van der Waals surface area contributed by atoms with E-state index < -0.39 is 28.5 Å². The molecule has 9 heteroatoms. The van der Waals surface area contributed by atoms with Gasteiger partial charge >= 0.3 is 0 Å². The Labute approximate surface area is 265 Å². The molecule has 0 aromatic heterocycles. The van der Waals surface area contributed by atoms with Crippen molar-refractivity contribution in [3.8, 4) is 0 Å². The third-order valence-corrected chi connectivity index (χ3v) is 9.75. The predicted molar refractivity (Wildman–Crippen MR) is 176 cm³/mol. The van der Waals surface area contributed by atoms with Crippen molar-refractivity contribution in [3.63, 3.8) is 0 Å². The van der Waals surface area contributed by atoms with Crippen LogP contribution < -0.4 is 9.62 Å². The maximum atomic E-state index is 14.5. The maximum absolute atomic E-state index is 14.5. The number of amides is 2. The Morgan fingerprint density at radius 3 is 2.14 bits per heavy atom. The Bertz CT molecular complexity index is 1710. The van der Waals surface area contributed by atoms with Gasteiger partial charge in [-0.25, -0.2) is 8.42 Å². The average molecular weight is 632 g/mol. The first-order valence-corrected chi connectivity index (χ1v) is 16.3. The first-order valence-electron chi connectivity index (χ1n) is 14.5. The Hall–Kier alpha value is -4.14. The Morgan fingerprint density at radius 1 is 0.841 bits per heavy atom. The first kappa shape index (κ1) is 32.8. The summed E-state index contributed by atoms with van der Waals surface area (Å²) in [6.45, 7) is 7.42. The highest BCUT2D eigenvalue weighted by atomic mass is 35.5. The smallest absolute Gasteiger partial charge is 0.264 e. The highest BCUT2D eigenvalue weighted by molar-refractivity contribution is 7.92. The molecule has 0 saturated carbocycles. The summed E-state index contributed by atoms with van der Waals surface area (Å²) in [5.41, 5.74) is 4.61. The molecule has 1 atom stereocenters. The molecule has 0 radical (unpaired) electrons. The number of nitrogens with zero attached hydrogens (tertiary/aromatic N) is 2. The van der Waals surface area contributed by atoms with Crippen molar-refractivity contribution < 1.29 is 18.0 Å². The Morgan fingerprint density at radius 2 is 1.50 bits per heavy atom. The number of hydrogen-bond donors (Lipinski definition) is 1. The van der Waals surface area contributed by atoms with Gasteiger partial charge in [0.05, 0.1) is 10.6 Å². The fraction of sp³-hybridized carbons (Fsp3) is 0.257. The second-order valence-corrected chi connectivity index (χ2v) is 13.1. The molecule has 7 nitrogen and oxygen atoms in total. The zero-order valence-electron chi connectivity index (χ0n) is 25.5. The summed E-state index contributed by atoms with van der Waals surface area (Å²) in [5, 5.41) is 3.25. The number of hydrogen-bond acceptors (Lipinski definition) is 4. The van der Waals surface area contributed by atoms with E-state index in [1.54, 1.807) is 30.3 Å². The minimum Gasteiger partial charge on any atom is -0.355 e. The van der Waals surface area contributed by atoms with Crippen LogP contribution in [0.4, 0.5) is 5.69 Å². The normalized spacial score (nSPS) is 11.9. The molecule has 230 valence electrons. The van der Waals surface area contributed by atoms with Gasteiger partial charge in [-0.3, -0.25) is 13.9 Å². The summed E-state index contributed by atoms with van der Waals surface area (Å²) >= 11 is 6.45.